The Hall–Kier alpha value is -1.38. The number of hydrogen-bond acceptors (Lipinski definition) is 1. The summed E-state index contributed by atoms with van der Waals surface area (Å²) in [6.45, 7) is 1.06. The molecule has 0 fully saturated rings. The van der Waals surface area contributed by atoms with Crippen LogP contribution in [0.3, 0.4) is 0 Å². The molecule has 12 heavy (non-hydrogen) atoms. The molecule has 1 aromatic rings. The summed E-state index contributed by atoms with van der Waals surface area (Å²) >= 11 is 0. The summed E-state index contributed by atoms with van der Waals surface area (Å²) in [5.41, 5.74) is 1.22. The van der Waals surface area contributed by atoms with E-state index in [0.717, 1.165) is 0 Å². The van der Waals surface area contributed by atoms with Crippen molar-refractivity contribution < 1.29 is 14.3 Å². The van der Waals surface area contributed by atoms with Crippen molar-refractivity contribution in [2.24, 2.45) is 0 Å². The molecule has 0 amide bonds. The Balaban J connectivity index is 3.17. The lowest BCUT2D eigenvalue weighted by Crippen LogP contribution is -2.00. The fourth-order valence-corrected chi connectivity index (χ4v) is 0.983. The molecule has 0 aliphatic heterocycles. The van der Waals surface area contributed by atoms with Gasteiger partial charge in [0.15, 0.2) is 0 Å². The number of carbonyl (C=O) groups is 1. The highest BCUT2D eigenvalue weighted by atomic mass is 19.1. The van der Waals surface area contributed by atoms with Crippen LogP contribution in [0.2, 0.25) is 0 Å². The number of aryl methyl sites for hydroxylation is 1. The number of hydrogen-bond donors (Lipinski definition) is 1. The molecule has 0 aromatic heterocycles. The van der Waals surface area contributed by atoms with Gasteiger partial charge in [0, 0.05) is 0 Å². The average molecular weight is 168 g/mol. The zero-order chi connectivity index (χ0) is 9.14. The van der Waals surface area contributed by atoms with Crippen LogP contribution in [0.25, 0.3) is 0 Å². The molecule has 3 heteroatoms. The van der Waals surface area contributed by atoms with Gasteiger partial charge in [-0.1, -0.05) is 12.1 Å². The minimum atomic E-state index is -1.01. The third-order valence-corrected chi connectivity index (χ3v) is 1.69. The van der Waals surface area contributed by atoms with E-state index in [4.69, 9.17) is 5.11 Å². The van der Waals surface area contributed by atoms with Crippen LogP contribution in [0.1, 0.15) is 21.5 Å². The first-order valence-corrected chi connectivity index (χ1v) is 3.54. The Labute approximate surface area is 69.6 Å². The Kier molecular flexibility index (Phi) is 2.43. The van der Waals surface area contributed by atoms with E-state index in [1.807, 2.05) is 0 Å². The minimum Gasteiger partial charge on any atom is -0.478 e. The van der Waals surface area contributed by atoms with Crippen molar-refractivity contribution in [3.8, 4) is 0 Å². The molecule has 1 rings (SSSR count). The molecule has 0 saturated heterocycles. The van der Waals surface area contributed by atoms with Gasteiger partial charge in [-0.3, -0.25) is 0 Å². The first kappa shape index (κ1) is 8.71. The first-order valence-electron chi connectivity index (χ1n) is 3.54. The van der Waals surface area contributed by atoms with E-state index in [1.54, 1.807) is 19.1 Å². The van der Waals surface area contributed by atoms with Crippen molar-refractivity contribution >= 4 is 5.97 Å². The largest absolute Gasteiger partial charge is 0.478 e. The molecule has 1 aromatic carbocycles. The van der Waals surface area contributed by atoms with Gasteiger partial charge < -0.3 is 5.11 Å². The predicted octanol–water partition coefficient (Wildman–Crippen LogP) is 2.16. The Morgan fingerprint density at radius 1 is 1.58 bits per heavy atom. The lowest BCUT2D eigenvalue weighted by atomic mass is 10.1. The smallest absolute Gasteiger partial charge is 0.335 e. The number of rotatable bonds is 2. The lowest BCUT2D eigenvalue weighted by Gasteiger charge is -2.01. The highest BCUT2D eigenvalue weighted by molar-refractivity contribution is 5.89. The maximum Gasteiger partial charge on any atom is 0.335 e. The summed E-state index contributed by atoms with van der Waals surface area (Å²) in [4.78, 5) is 10.6. The standard InChI is InChI=1S/C9H9FO2/c1-6-2-3-7(5-10)4-8(6)9(11)12/h2-4H,5H2,1H3,(H,11,12). The van der Waals surface area contributed by atoms with Crippen molar-refractivity contribution in [1.82, 2.24) is 0 Å². The van der Waals surface area contributed by atoms with Crippen molar-refractivity contribution in [3.05, 3.63) is 34.9 Å². The van der Waals surface area contributed by atoms with Gasteiger partial charge in [-0.05, 0) is 24.1 Å². The molecule has 0 atom stereocenters. The molecule has 0 spiro atoms. The number of carboxylic acid groups (broad SMARTS) is 1. The third-order valence-electron chi connectivity index (χ3n) is 1.69. The van der Waals surface area contributed by atoms with E-state index in [9.17, 15) is 9.18 Å². The van der Waals surface area contributed by atoms with Gasteiger partial charge in [-0.25, -0.2) is 9.18 Å². The lowest BCUT2D eigenvalue weighted by molar-refractivity contribution is 0.0696. The van der Waals surface area contributed by atoms with Crippen molar-refractivity contribution in [3.63, 3.8) is 0 Å². The van der Waals surface area contributed by atoms with Crippen molar-refractivity contribution in [2.75, 3.05) is 0 Å². The summed E-state index contributed by atoms with van der Waals surface area (Å²) < 4.78 is 12.1. The number of benzene rings is 1. The van der Waals surface area contributed by atoms with E-state index in [0.29, 0.717) is 11.1 Å². The third kappa shape index (κ3) is 1.61. The van der Waals surface area contributed by atoms with Crippen LogP contribution in [0.15, 0.2) is 18.2 Å². The number of alkyl halides is 1. The van der Waals surface area contributed by atoms with Gasteiger partial charge in [0.1, 0.15) is 6.67 Å². The summed E-state index contributed by atoms with van der Waals surface area (Å²) in [7, 11) is 0. The van der Waals surface area contributed by atoms with E-state index in [1.165, 1.54) is 6.07 Å². The molecule has 1 N–H and O–H groups in total. The number of halogens is 1. The molecule has 0 unspecified atom stereocenters. The zero-order valence-corrected chi connectivity index (χ0v) is 6.67. The second-order valence-electron chi connectivity index (χ2n) is 2.59. The molecule has 0 saturated carbocycles. The summed E-state index contributed by atoms with van der Waals surface area (Å²) in [5.74, 6) is -1.01. The predicted molar refractivity (Wildman–Crippen MR) is 43.0 cm³/mol. The minimum absolute atomic E-state index is 0.171. The monoisotopic (exact) mass is 168 g/mol. The number of aromatic carboxylic acids is 1. The van der Waals surface area contributed by atoms with Crippen LogP contribution >= 0.6 is 0 Å². The Morgan fingerprint density at radius 2 is 2.25 bits per heavy atom. The highest BCUT2D eigenvalue weighted by Gasteiger charge is 2.06. The van der Waals surface area contributed by atoms with Crippen LogP contribution in [0.5, 0.6) is 0 Å². The fraction of sp³-hybridized carbons (Fsp3) is 0.222. The van der Waals surface area contributed by atoms with E-state index in [2.05, 4.69) is 0 Å². The molecule has 2 nitrogen and oxygen atoms in total. The topological polar surface area (TPSA) is 37.3 Å². The second-order valence-corrected chi connectivity index (χ2v) is 2.59. The summed E-state index contributed by atoms with van der Waals surface area (Å²) in [6.07, 6.45) is 0. The average Bonchev–Trinajstić information content (AvgIpc) is 2.05. The van der Waals surface area contributed by atoms with Gasteiger partial charge in [0.2, 0.25) is 0 Å². The van der Waals surface area contributed by atoms with Crippen LogP contribution in [0, 0.1) is 6.92 Å². The second kappa shape index (κ2) is 3.34. The zero-order valence-electron chi connectivity index (χ0n) is 6.67. The molecule has 64 valence electrons. The fourth-order valence-electron chi connectivity index (χ4n) is 0.983. The van der Waals surface area contributed by atoms with E-state index < -0.39 is 12.6 Å². The summed E-state index contributed by atoms with van der Waals surface area (Å²) in [5, 5.41) is 8.66. The van der Waals surface area contributed by atoms with E-state index in [-0.39, 0.29) is 5.56 Å². The van der Waals surface area contributed by atoms with Crippen molar-refractivity contribution in [1.29, 1.82) is 0 Å². The van der Waals surface area contributed by atoms with Gasteiger partial charge in [-0.15, -0.1) is 0 Å². The van der Waals surface area contributed by atoms with Crippen LogP contribution in [-0.4, -0.2) is 11.1 Å². The molecule has 0 bridgehead atoms. The Morgan fingerprint density at radius 3 is 2.75 bits per heavy atom. The maximum atomic E-state index is 12.1. The normalized spacial score (nSPS) is 9.83. The van der Waals surface area contributed by atoms with Crippen molar-refractivity contribution in [2.45, 2.75) is 13.6 Å². The molecule has 0 aliphatic carbocycles. The van der Waals surface area contributed by atoms with Crippen LogP contribution in [-0.2, 0) is 6.67 Å². The van der Waals surface area contributed by atoms with Gasteiger partial charge in [0.25, 0.3) is 0 Å². The summed E-state index contributed by atoms with van der Waals surface area (Å²) in [6, 6.07) is 4.55. The molecular weight excluding hydrogens is 159 g/mol. The van der Waals surface area contributed by atoms with Gasteiger partial charge in [-0.2, -0.15) is 0 Å². The Bertz CT molecular complexity index is 307. The van der Waals surface area contributed by atoms with E-state index >= 15 is 0 Å². The van der Waals surface area contributed by atoms with Crippen LogP contribution < -0.4 is 0 Å². The molecular formula is C9H9FO2. The van der Waals surface area contributed by atoms with Gasteiger partial charge >= 0.3 is 5.97 Å². The highest BCUT2D eigenvalue weighted by Crippen LogP contribution is 2.11. The SMILES string of the molecule is Cc1ccc(CF)cc1C(=O)O. The maximum absolute atomic E-state index is 12.1. The molecule has 0 radical (unpaired) electrons. The molecule has 0 aliphatic rings. The molecule has 0 heterocycles. The first-order chi connectivity index (χ1) is 5.65. The van der Waals surface area contributed by atoms with Crippen LogP contribution in [0.4, 0.5) is 4.39 Å². The quantitative estimate of drug-likeness (QED) is 0.734. The van der Waals surface area contributed by atoms with Gasteiger partial charge in [0.05, 0.1) is 5.56 Å². The number of carboxylic acids is 1.